The van der Waals surface area contributed by atoms with Crippen molar-refractivity contribution >= 4 is 46.0 Å². The van der Waals surface area contributed by atoms with Gasteiger partial charge in [-0.05, 0) is 37.1 Å². The maximum Gasteiger partial charge on any atom is 0.270 e. The van der Waals surface area contributed by atoms with Crippen LogP contribution in [0.3, 0.4) is 0 Å². The molecule has 5 heteroatoms. The largest absolute Gasteiger partial charge is 0.493 e. The lowest BCUT2D eigenvalue weighted by atomic mass is 10.1. The zero-order valence-electron chi connectivity index (χ0n) is 14.2. The first-order chi connectivity index (χ1) is 12.1. The van der Waals surface area contributed by atoms with Gasteiger partial charge in [-0.25, -0.2) is 0 Å². The molecule has 2 aromatic rings. The molecule has 0 atom stereocenters. The van der Waals surface area contributed by atoms with Gasteiger partial charge in [0.2, 0.25) is 0 Å². The molecule has 0 aromatic heterocycles. The van der Waals surface area contributed by atoms with Gasteiger partial charge < -0.3 is 4.74 Å². The third-order valence-electron chi connectivity index (χ3n) is 3.82. The van der Waals surface area contributed by atoms with Crippen molar-refractivity contribution in [3.05, 3.63) is 64.6 Å². The van der Waals surface area contributed by atoms with Crippen molar-refractivity contribution in [3.63, 3.8) is 0 Å². The number of ether oxygens (including phenoxy) is 1. The maximum atomic E-state index is 12.9. The molecule has 1 saturated heterocycles. The van der Waals surface area contributed by atoms with Crippen LogP contribution in [-0.2, 0) is 4.79 Å². The third-order valence-corrected chi connectivity index (χ3v) is 5.12. The number of amides is 1. The van der Waals surface area contributed by atoms with Gasteiger partial charge in [0.25, 0.3) is 5.91 Å². The highest BCUT2D eigenvalue weighted by Crippen LogP contribution is 2.38. The second-order valence-electron chi connectivity index (χ2n) is 5.69. The second-order valence-corrected chi connectivity index (χ2v) is 7.37. The molecular formula is C20H19NO2S2. The van der Waals surface area contributed by atoms with Crippen molar-refractivity contribution in [1.29, 1.82) is 0 Å². The fourth-order valence-corrected chi connectivity index (χ4v) is 3.85. The summed E-state index contributed by atoms with van der Waals surface area (Å²) in [7, 11) is 0. The van der Waals surface area contributed by atoms with Crippen molar-refractivity contribution in [2.24, 2.45) is 0 Å². The summed E-state index contributed by atoms with van der Waals surface area (Å²) in [5.74, 6) is 0.695. The number of nitrogens with zero attached hydrogens (tertiary/aromatic N) is 1. The number of hydrogen-bond donors (Lipinski definition) is 0. The van der Waals surface area contributed by atoms with E-state index in [9.17, 15) is 4.79 Å². The molecule has 1 heterocycles. The van der Waals surface area contributed by atoms with E-state index in [4.69, 9.17) is 17.0 Å². The molecule has 1 aliphatic rings. The van der Waals surface area contributed by atoms with Gasteiger partial charge in [-0.15, -0.1) is 0 Å². The fraction of sp³-hybridized carbons (Fsp3) is 0.200. The topological polar surface area (TPSA) is 29.5 Å². The molecule has 0 aliphatic carbocycles. The van der Waals surface area contributed by atoms with E-state index in [1.165, 1.54) is 11.8 Å². The molecule has 128 valence electrons. The van der Waals surface area contributed by atoms with E-state index in [0.29, 0.717) is 15.8 Å². The summed E-state index contributed by atoms with van der Waals surface area (Å²) in [5, 5.41) is 0. The van der Waals surface area contributed by atoms with Crippen LogP contribution in [-0.4, -0.2) is 16.8 Å². The number of thiocarbonyl (C=S) groups is 1. The average Bonchev–Trinajstić information content (AvgIpc) is 2.88. The zero-order valence-corrected chi connectivity index (χ0v) is 15.8. The third kappa shape index (κ3) is 3.78. The van der Waals surface area contributed by atoms with Gasteiger partial charge in [-0.1, -0.05) is 67.3 Å². The zero-order chi connectivity index (χ0) is 17.8. The molecule has 0 spiro atoms. The van der Waals surface area contributed by atoms with Gasteiger partial charge in [-0.2, -0.15) is 0 Å². The molecule has 1 amide bonds. The Hall–Kier alpha value is -2.11. The molecule has 0 radical (unpaired) electrons. The van der Waals surface area contributed by atoms with Gasteiger partial charge in [0, 0.05) is 5.56 Å². The summed E-state index contributed by atoms with van der Waals surface area (Å²) >= 11 is 6.78. The van der Waals surface area contributed by atoms with Gasteiger partial charge in [-0.3, -0.25) is 9.69 Å². The lowest BCUT2D eigenvalue weighted by molar-refractivity contribution is -0.113. The highest BCUT2D eigenvalue weighted by atomic mass is 32.2. The Morgan fingerprint density at radius 1 is 1.16 bits per heavy atom. The number of hydrogen-bond acceptors (Lipinski definition) is 4. The van der Waals surface area contributed by atoms with Crippen LogP contribution in [0.5, 0.6) is 5.75 Å². The Bertz CT molecular complexity index is 845. The van der Waals surface area contributed by atoms with Crippen LogP contribution >= 0.6 is 24.0 Å². The van der Waals surface area contributed by atoms with Gasteiger partial charge in [0.15, 0.2) is 4.32 Å². The van der Waals surface area contributed by atoms with Crippen molar-refractivity contribution in [2.75, 3.05) is 11.5 Å². The molecule has 2 aromatic carbocycles. The number of aryl methyl sites for hydroxylation is 1. The van der Waals surface area contributed by atoms with Crippen molar-refractivity contribution in [1.82, 2.24) is 0 Å². The standard InChI is InChI=1S/C20H19NO2S2/c1-3-12-23-17-11-7-5-9-15(17)13-18-19(22)21(20(24)25-18)16-10-6-4-8-14(16)2/h4-11,13H,3,12H2,1-2H3/b18-13+. The predicted molar refractivity (Wildman–Crippen MR) is 109 cm³/mol. The Morgan fingerprint density at radius 2 is 1.88 bits per heavy atom. The quantitative estimate of drug-likeness (QED) is 0.536. The van der Waals surface area contributed by atoms with Gasteiger partial charge in [0.1, 0.15) is 5.75 Å². The molecule has 25 heavy (non-hydrogen) atoms. The Balaban J connectivity index is 1.93. The summed E-state index contributed by atoms with van der Waals surface area (Å²) in [4.78, 5) is 15.1. The first-order valence-electron chi connectivity index (χ1n) is 8.17. The first kappa shape index (κ1) is 17.7. The number of carbonyl (C=O) groups is 1. The summed E-state index contributed by atoms with van der Waals surface area (Å²) < 4.78 is 6.33. The maximum absolute atomic E-state index is 12.9. The lowest BCUT2D eigenvalue weighted by Crippen LogP contribution is -2.28. The van der Waals surface area contributed by atoms with Crippen molar-refractivity contribution in [3.8, 4) is 5.75 Å². The number of benzene rings is 2. The molecule has 0 bridgehead atoms. The van der Waals surface area contributed by atoms with Crippen LogP contribution in [0.25, 0.3) is 6.08 Å². The molecule has 3 rings (SSSR count). The molecule has 3 nitrogen and oxygen atoms in total. The van der Waals surface area contributed by atoms with E-state index in [1.54, 1.807) is 4.90 Å². The SMILES string of the molecule is CCCOc1ccccc1/C=C1/SC(=S)N(c2ccccc2C)C1=O. The number of anilines is 1. The van der Waals surface area contributed by atoms with Gasteiger partial charge >= 0.3 is 0 Å². The van der Waals surface area contributed by atoms with Crippen molar-refractivity contribution in [2.45, 2.75) is 20.3 Å². The van der Waals surface area contributed by atoms with E-state index < -0.39 is 0 Å². The summed E-state index contributed by atoms with van der Waals surface area (Å²) in [6.45, 7) is 4.69. The van der Waals surface area contributed by atoms with E-state index in [-0.39, 0.29) is 5.91 Å². The minimum absolute atomic E-state index is 0.0883. The number of rotatable bonds is 5. The summed E-state index contributed by atoms with van der Waals surface area (Å²) in [6.07, 6.45) is 2.80. The van der Waals surface area contributed by atoms with E-state index in [2.05, 4.69) is 6.92 Å². The lowest BCUT2D eigenvalue weighted by Gasteiger charge is -2.16. The second kappa shape index (κ2) is 7.85. The Kier molecular flexibility index (Phi) is 5.56. The Morgan fingerprint density at radius 3 is 2.64 bits per heavy atom. The van der Waals surface area contributed by atoms with Crippen LogP contribution in [0, 0.1) is 6.92 Å². The van der Waals surface area contributed by atoms with E-state index in [1.807, 2.05) is 61.5 Å². The monoisotopic (exact) mass is 369 g/mol. The molecule has 0 saturated carbocycles. The van der Waals surface area contributed by atoms with Crippen LogP contribution in [0.4, 0.5) is 5.69 Å². The highest BCUT2D eigenvalue weighted by molar-refractivity contribution is 8.27. The minimum atomic E-state index is -0.0883. The smallest absolute Gasteiger partial charge is 0.270 e. The predicted octanol–water partition coefficient (Wildman–Crippen LogP) is 5.19. The average molecular weight is 370 g/mol. The van der Waals surface area contributed by atoms with Crippen LogP contribution in [0.15, 0.2) is 53.4 Å². The number of carbonyl (C=O) groups excluding carboxylic acids is 1. The van der Waals surface area contributed by atoms with Crippen LogP contribution in [0.1, 0.15) is 24.5 Å². The molecule has 1 aliphatic heterocycles. The minimum Gasteiger partial charge on any atom is -0.493 e. The first-order valence-corrected chi connectivity index (χ1v) is 9.39. The molecular weight excluding hydrogens is 350 g/mol. The number of thioether (sulfide) groups is 1. The summed E-state index contributed by atoms with van der Waals surface area (Å²) in [5.41, 5.74) is 2.75. The van der Waals surface area contributed by atoms with Gasteiger partial charge in [0.05, 0.1) is 17.2 Å². The van der Waals surface area contributed by atoms with E-state index >= 15 is 0 Å². The Labute approximate surface area is 157 Å². The van der Waals surface area contributed by atoms with Crippen molar-refractivity contribution < 1.29 is 9.53 Å². The van der Waals surface area contributed by atoms with Crippen LogP contribution in [0.2, 0.25) is 0 Å². The normalized spacial score (nSPS) is 15.9. The molecule has 0 N–H and O–H groups in total. The molecule has 0 unspecified atom stereocenters. The fourth-order valence-electron chi connectivity index (χ4n) is 2.57. The van der Waals surface area contributed by atoms with Crippen LogP contribution < -0.4 is 9.64 Å². The van der Waals surface area contributed by atoms with E-state index in [0.717, 1.165) is 29.0 Å². The molecule has 1 fully saturated rings. The summed E-state index contributed by atoms with van der Waals surface area (Å²) in [6, 6.07) is 15.5. The number of para-hydroxylation sites is 2. The highest BCUT2D eigenvalue weighted by Gasteiger charge is 2.34.